The van der Waals surface area contributed by atoms with E-state index in [0.29, 0.717) is 0 Å². The van der Waals surface area contributed by atoms with Crippen LogP contribution in [0, 0.1) is 0 Å². The van der Waals surface area contributed by atoms with Gasteiger partial charge < -0.3 is 9.84 Å². The van der Waals surface area contributed by atoms with Crippen LogP contribution in [0.15, 0.2) is 12.2 Å². The quantitative estimate of drug-likeness (QED) is 0.493. The second-order valence-corrected chi connectivity index (χ2v) is 1.93. The molecule has 0 amide bonds. The lowest BCUT2D eigenvalue weighted by Gasteiger charge is -2.16. The molecule has 0 aliphatic carbocycles. The SMILES string of the molecule is CC1OC(O)C=CC1=O. The maximum Gasteiger partial charge on any atom is 0.184 e. The van der Waals surface area contributed by atoms with Gasteiger partial charge in [0.1, 0.15) is 6.10 Å². The van der Waals surface area contributed by atoms with Gasteiger partial charge in [-0.15, -0.1) is 0 Å². The Kier molecular flexibility index (Phi) is 1.64. The van der Waals surface area contributed by atoms with Crippen molar-refractivity contribution in [1.29, 1.82) is 0 Å². The summed E-state index contributed by atoms with van der Waals surface area (Å²) in [6, 6.07) is 0. The van der Waals surface area contributed by atoms with E-state index in [1.54, 1.807) is 6.92 Å². The van der Waals surface area contributed by atoms with E-state index in [4.69, 9.17) is 9.84 Å². The Labute approximate surface area is 52.9 Å². The minimum atomic E-state index is -0.905. The summed E-state index contributed by atoms with van der Waals surface area (Å²) in [5, 5.41) is 8.74. The number of hydrogen-bond acceptors (Lipinski definition) is 3. The molecule has 2 unspecified atom stereocenters. The standard InChI is InChI=1S/C6H8O3/c1-4-5(7)2-3-6(8)9-4/h2-4,6,8H,1H3. The van der Waals surface area contributed by atoms with E-state index < -0.39 is 12.4 Å². The first-order chi connectivity index (χ1) is 4.20. The Bertz CT molecular complexity index is 150. The van der Waals surface area contributed by atoms with Gasteiger partial charge in [0.2, 0.25) is 0 Å². The molecule has 0 spiro atoms. The summed E-state index contributed by atoms with van der Waals surface area (Å²) in [5.41, 5.74) is 0. The van der Waals surface area contributed by atoms with Crippen molar-refractivity contribution in [3.05, 3.63) is 12.2 Å². The third-order valence-electron chi connectivity index (χ3n) is 1.17. The zero-order valence-corrected chi connectivity index (χ0v) is 5.07. The van der Waals surface area contributed by atoms with Crippen molar-refractivity contribution in [2.75, 3.05) is 0 Å². The van der Waals surface area contributed by atoms with Crippen LogP contribution in [0.2, 0.25) is 0 Å². The van der Waals surface area contributed by atoms with Crippen LogP contribution in [0.25, 0.3) is 0 Å². The molecule has 1 N–H and O–H groups in total. The largest absolute Gasteiger partial charge is 0.365 e. The smallest absolute Gasteiger partial charge is 0.184 e. The van der Waals surface area contributed by atoms with Gasteiger partial charge >= 0.3 is 0 Å². The van der Waals surface area contributed by atoms with Crippen molar-refractivity contribution in [1.82, 2.24) is 0 Å². The molecule has 0 saturated heterocycles. The van der Waals surface area contributed by atoms with Crippen LogP contribution in [-0.4, -0.2) is 23.3 Å². The number of carbonyl (C=O) groups is 1. The van der Waals surface area contributed by atoms with Gasteiger partial charge in [0.05, 0.1) is 0 Å². The number of ketones is 1. The van der Waals surface area contributed by atoms with E-state index in [0.717, 1.165) is 0 Å². The number of ether oxygens (including phenoxy) is 1. The summed E-state index contributed by atoms with van der Waals surface area (Å²) < 4.78 is 4.72. The molecule has 0 bridgehead atoms. The summed E-state index contributed by atoms with van der Waals surface area (Å²) in [6.07, 6.45) is 1.25. The molecule has 1 aliphatic rings. The second kappa shape index (κ2) is 2.29. The number of hydrogen-bond donors (Lipinski definition) is 1. The van der Waals surface area contributed by atoms with Crippen molar-refractivity contribution in [3.8, 4) is 0 Å². The van der Waals surface area contributed by atoms with Crippen molar-refractivity contribution in [3.63, 3.8) is 0 Å². The molecule has 0 radical (unpaired) electrons. The van der Waals surface area contributed by atoms with Gasteiger partial charge in [-0.2, -0.15) is 0 Å². The maximum atomic E-state index is 10.6. The summed E-state index contributed by atoms with van der Waals surface area (Å²) in [4.78, 5) is 10.6. The molecule has 1 aliphatic heterocycles. The van der Waals surface area contributed by atoms with Crippen LogP contribution in [0.1, 0.15) is 6.92 Å². The first-order valence-electron chi connectivity index (χ1n) is 2.76. The third-order valence-corrected chi connectivity index (χ3v) is 1.17. The average molecular weight is 128 g/mol. The molecule has 3 heteroatoms. The summed E-state index contributed by atoms with van der Waals surface area (Å²) in [5.74, 6) is -0.0969. The molecule has 9 heavy (non-hydrogen) atoms. The molecule has 0 aromatic rings. The third kappa shape index (κ3) is 1.37. The van der Waals surface area contributed by atoms with Crippen LogP contribution in [0.4, 0.5) is 0 Å². The molecular formula is C6H8O3. The summed E-state index contributed by atoms with van der Waals surface area (Å²) in [6.45, 7) is 1.61. The summed E-state index contributed by atoms with van der Waals surface area (Å²) >= 11 is 0. The predicted octanol–water partition coefficient (Wildman–Crippen LogP) is -0.151. The highest BCUT2D eigenvalue weighted by molar-refractivity contribution is 5.93. The van der Waals surface area contributed by atoms with Crippen molar-refractivity contribution in [2.45, 2.75) is 19.3 Å². The molecule has 0 saturated carbocycles. The van der Waals surface area contributed by atoms with Crippen molar-refractivity contribution >= 4 is 5.78 Å². The Balaban J connectivity index is 2.65. The first kappa shape index (κ1) is 6.45. The average Bonchev–Trinajstić information content (AvgIpc) is 1.80. The minimum absolute atomic E-state index is 0.0969. The highest BCUT2D eigenvalue weighted by Crippen LogP contribution is 2.05. The molecule has 0 aromatic heterocycles. The van der Waals surface area contributed by atoms with Crippen LogP contribution in [0.3, 0.4) is 0 Å². The molecule has 3 nitrogen and oxygen atoms in total. The van der Waals surface area contributed by atoms with Gasteiger partial charge in [-0.25, -0.2) is 0 Å². The van der Waals surface area contributed by atoms with Crippen LogP contribution in [-0.2, 0) is 9.53 Å². The first-order valence-corrected chi connectivity index (χ1v) is 2.76. The van der Waals surface area contributed by atoms with Crippen LogP contribution >= 0.6 is 0 Å². The fourth-order valence-corrected chi connectivity index (χ4v) is 0.634. The summed E-state index contributed by atoms with van der Waals surface area (Å²) in [7, 11) is 0. The fourth-order valence-electron chi connectivity index (χ4n) is 0.634. The zero-order valence-electron chi connectivity index (χ0n) is 5.07. The minimum Gasteiger partial charge on any atom is -0.365 e. The monoisotopic (exact) mass is 128 g/mol. The highest BCUT2D eigenvalue weighted by Gasteiger charge is 2.18. The number of rotatable bonds is 0. The Morgan fingerprint density at radius 3 is 2.89 bits per heavy atom. The van der Waals surface area contributed by atoms with Gasteiger partial charge in [-0.05, 0) is 19.1 Å². The van der Waals surface area contributed by atoms with Crippen LogP contribution in [0.5, 0.6) is 0 Å². The lowest BCUT2D eigenvalue weighted by atomic mass is 10.2. The molecule has 1 heterocycles. The zero-order chi connectivity index (χ0) is 6.85. The van der Waals surface area contributed by atoms with Crippen molar-refractivity contribution < 1.29 is 14.6 Å². The molecule has 2 atom stereocenters. The molecule has 1 rings (SSSR count). The van der Waals surface area contributed by atoms with E-state index in [1.165, 1.54) is 12.2 Å². The van der Waals surface area contributed by atoms with Crippen LogP contribution < -0.4 is 0 Å². The predicted molar refractivity (Wildman–Crippen MR) is 30.7 cm³/mol. The molecule has 0 fully saturated rings. The van der Waals surface area contributed by atoms with Gasteiger partial charge in [-0.1, -0.05) is 0 Å². The van der Waals surface area contributed by atoms with E-state index in [-0.39, 0.29) is 5.78 Å². The Morgan fingerprint density at radius 1 is 1.78 bits per heavy atom. The lowest BCUT2D eigenvalue weighted by Crippen LogP contribution is -2.28. The van der Waals surface area contributed by atoms with Gasteiger partial charge in [0.15, 0.2) is 12.1 Å². The molecule has 0 aromatic carbocycles. The topological polar surface area (TPSA) is 46.5 Å². The fraction of sp³-hybridized carbons (Fsp3) is 0.500. The van der Waals surface area contributed by atoms with E-state index >= 15 is 0 Å². The highest BCUT2D eigenvalue weighted by atomic mass is 16.6. The second-order valence-electron chi connectivity index (χ2n) is 1.93. The number of aliphatic hydroxyl groups excluding tert-OH is 1. The normalized spacial score (nSPS) is 35.1. The Hall–Kier alpha value is -0.670. The van der Waals surface area contributed by atoms with Gasteiger partial charge in [0.25, 0.3) is 0 Å². The van der Waals surface area contributed by atoms with E-state index in [2.05, 4.69) is 0 Å². The van der Waals surface area contributed by atoms with Crippen molar-refractivity contribution in [2.24, 2.45) is 0 Å². The van der Waals surface area contributed by atoms with E-state index in [1.807, 2.05) is 0 Å². The molecular weight excluding hydrogens is 120 g/mol. The number of aliphatic hydroxyl groups is 1. The maximum absolute atomic E-state index is 10.6. The molecule has 50 valence electrons. The Morgan fingerprint density at radius 2 is 2.44 bits per heavy atom. The number of carbonyl (C=O) groups excluding carboxylic acids is 1. The van der Waals surface area contributed by atoms with E-state index in [9.17, 15) is 4.79 Å². The van der Waals surface area contributed by atoms with Gasteiger partial charge in [0, 0.05) is 0 Å². The lowest BCUT2D eigenvalue weighted by molar-refractivity contribution is -0.145. The van der Waals surface area contributed by atoms with Gasteiger partial charge in [-0.3, -0.25) is 4.79 Å².